The van der Waals surface area contributed by atoms with Crippen molar-refractivity contribution < 1.29 is 0 Å². The highest BCUT2D eigenvalue weighted by Crippen LogP contribution is 2.13. The van der Waals surface area contributed by atoms with E-state index >= 15 is 0 Å². The van der Waals surface area contributed by atoms with Gasteiger partial charge in [-0.15, -0.1) is 11.3 Å². The molecule has 1 aromatic rings. The van der Waals surface area contributed by atoms with Gasteiger partial charge in [0.2, 0.25) is 0 Å². The minimum absolute atomic E-state index is 0.479. The second-order valence-corrected chi connectivity index (χ2v) is 4.26. The first-order valence-corrected chi connectivity index (χ1v) is 5.62. The van der Waals surface area contributed by atoms with Gasteiger partial charge in [0.05, 0.1) is 0 Å². The predicted molar refractivity (Wildman–Crippen MR) is 58.9 cm³/mol. The maximum absolute atomic E-state index is 5.64. The van der Waals surface area contributed by atoms with E-state index in [1.54, 1.807) is 0 Å². The summed E-state index contributed by atoms with van der Waals surface area (Å²) in [6, 6.07) is 4.75. The van der Waals surface area contributed by atoms with E-state index in [-0.39, 0.29) is 0 Å². The van der Waals surface area contributed by atoms with E-state index in [4.69, 9.17) is 5.73 Å². The lowest BCUT2D eigenvalue weighted by Crippen LogP contribution is -2.37. The van der Waals surface area contributed by atoms with Crippen molar-refractivity contribution >= 4 is 11.3 Å². The zero-order valence-corrected chi connectivity index (χ0v) is 9.18. The van der Waals surface area contributed by atoms with Gasteiger partial charge < -0.3 is 5.73 Å². The van der Waals surface area contributed by atoms with Crippen LogP contribution in [0.25, 0.3) is 0 Å². The van der Waals surface area contributed by atoms with E-state index in [0.29, 0.717) is 6.04 Å². The lowest BCUT2D eigenvalue weighted by Gasteiger charge is -2.25. The highest BCUT2D eigenvalue weighted by Gasteiger charge is 2.10. The Hall–Kier alpha value is -0.380. The Labute approximate surface area is 84.4 Å². The molecule has 0 spiro atoms. The third kappa shape index (κ3) is 3.10. The van der Waals surface area contributed by atoms with Crippen LogP contribution < -0.4 is 5.73 Å². The number of thiophene rings is 1. The minimum Gasteiger partial charge on any atom is -0.329 e. The molecule has 0 saturated carbocycles. The van der Waals surface area contributed by atoms with E-state index in [1.807, 2.05) is 11.3 Å². The van der Waals surface area contributed by atoms with Crippen molar-refractivity contribution in [2.24, 2.45) is 5.73 Å². The molecule has 0 saturated heterocycles. The molecule has 3 heteroatoms. The van der Waals surface area contributed by atoms with E-state index in [9.17, 15) is 0 Å². The van der Waals surface area contributed by atoms with Crippen LogP contribution in [0.15, 0.2) is 17.5 Å². The first kappa shape index (κ1) is 10.7. The third-order valence-corrected chi connectivity index (χ3v) is 3.17. The molecule has 0 aliphatic carbocycles. The van der Waals surface area contributed by atoms with E-state index in [1.165, 1.54) is 4.88 Å². The van der Waals surface area contributed by atoms with Gasteiger partial charge in [-0.3, -0.25) is 4.90 Å². The summed E-state index contributed by atoms with van der Waals surface area (Å²) in [5.74, 6) is 0. The van der Waals surface area contributed by atoms with Gasteiger partial charge in [-0.05, 0) is 24.9 Å². The Kier molecular flexibility index (Phi) is 4.42. The first-order valence-electron chi connectivity index (χ1n) is 4.74. The molecule has 1 aromatic heterocycles. The van der Waals surface area contributed by atoms with Gasteiger partial charge in [0.15, 0.2) is 0 Å². The van der Waals surface area contributed by atoms with Gasteiger partial charge in [-0.1, -0.05) is 13.0 Å². The first-order chi connectivity index (χ1) is 6.27. The fourth-order valence-electron chi connectivity index (χ4n) is 1.33. The van der Waals surface area contributed by atoms with Crippen LogP contribution in [-0.2, 0) is 6.54 Å². The van der Waals surface area contributed by atoms with Crippen LogP contribution in [0.5, 0.6) is 0 Å². The Morgan fingerprint density at radius 3 is 2.85 bits per heavy atom. The van der Waals surface area contributed by atoms with Crippen LogP contribution in [-0.4, -0.2) is 24.0 Å². The largest absolute Gasteiger partial charge is 0.329 e. The number of nitrogens with zero attached hydrogens (tertiary/aromatic N) is 1. The van der Waals surface area contributed by atoms with Crippen LogP contribution in [0.2, 0.25) is 0 Å². The molecule has 0 fully saturated rings. The third-order valence-electron chi connectivity index (χ3n) is 2.31. The number of hydrogen-bond acceptors (Lipinski definition) is 3. The van der Waals surface area contributed by atoms with Gasteiger partial charge in [0, 0.05) is 24.0 Å². The van der Waals surface area contributed by atoms with Crippen molar-refractivity contribution in [1.82, 2.24) is 4.90 Å². The van der Waals surface area contributed by atoms with Crippen molar-refractivity contribution in [1.29, 1.82) is 0 Å². The van der Waals surface area contributed by atoms with Crippen molar-refractivity contribution in [3.63, 3.8) is 0 Å². The Balaban J connectivity index is 2.49. The van der Waals surface area contributed by atoms with Gasteiger partial charge in [-0.25, -0.2) is 0 Å². The predicted octanol–water partition coefficient (Wildman–Crippen LogP) is 1.92. The van der Waals surface area contributed by atoms with Gasteiger partial charge >= 0.3 is 0 Å². The topological polar surface area (TPSA) is 29.3 Å². The maximum Gasteiger partial charge on any atom is 0.0331 e. The molecule has 2 N–H and O–H groups in total. The van der Waals surface area contributed by atoms with Crippen LogP contribution in [0.4, 0.5) is 0 Å². The maximum atomic E-state index is 5.64. The van der Waals surface area contributed by atoms with Gasteiger partial charge in [0.25, 0.3) is 0 Å². The molecular weight excluding hydrogens is 180 g/mol. The zero-order valence-electron chi connectivity index (χ0n) is 8.36. The summed E-state index contributed by atoms with van der Waals surface area (Å²) in [6.07, 6.45) is 0. The van der Waals surface area contributed by atoms with Crippen molar-refractivity contribution in [2.75, 3.05) is 13.1 Å². The molecule has 0 aliphatic rings. The smallest absolute Gasteiger partial charge is 0.0331 e. The molecule has 0 aliphatic heterocycles. The minimum atomic E-state index is 0.479. The molecule has 0 amide bonds. The number of nitrogens with two attached hydrogens (primary N) is 1. The van der Waals surface area contributed by atoms with Crippen LogP contribution >= 0.6 is 11.3 Å². The Morgan fingerprint density at radius 1 is 1.62 bits per heavy atom. The van der Waals surface area contributed by atoms with Gasteiger partial charge in [0.1, 0.15) is 0 Å². The molecule has 0 aromatic carbocycles. The number of hydrogen-bond donors (Lipinski definition) is 1. The van der Waals surface area contributed by atoms with E-state index in [0.717, 1.165) is 19.6 Å². The summed E-state index contributed by atoms with van der Waals surface area (Å²) in [5.41, 5.74) is 5.64. The monoisotopic (exact) mass is 198 g/mol. The Bertz CT molecular complexity index is 221. The van der Waals surface area contributed by atoms with Gasteiger partial charge in [-0.2, -0.15) is 0 Å². The second kappa shape index (κ2) is 5.37. The lowest BCUT2D eigenvalue weighted by atomic mass is 10.2. The standard InChI is InChI=1S/C10H18N2S/c1-3-12(9(2)7-11)8-10-5-4-6-13-10/h4-6,9H,3,7-8,11H2,1-2H3. The molecule has 1 heterocycles. The molecule has 1 rings (SSSR count). The fraction of sp³-hybridized carbons (Fsp3) is 0.600. The van der Waals surface area contributed by atoms with Crippen molar-refractivity contribution in [2.45, 2.75) is 26.4 Å². The number of likely N-dealkylation sites (N-methyl/N-ethyl adjacent to an activating group) is 1. The lowest BCUT2D eigenvalue weighted by molar-refractivity contribution is 0.217. The van der Waals surface area contributed by atoms with Crippen LogP contribution in [0.3, 0.4) is 0 Å². The average molecular weight is 198 g/mol. The summed E-state index contributed by atoms with van der Waals surface area (Å²) in [7, 11) is 0. The summed E-state index contributed by atoms with van der Waals surface area (Å²) in [6.45, 7) is 7.19. The summed E-state index contributed by atoms with van der Waals surface area (Å²) < 4.78 is 0. The summed E-state index contributed by atoms with van der Waals surface area (Å²) in [5, 5.41) is 2.12. The SMILES string of the molecule is CCN(Cc1cccs1)C(C)CN. The van der Waals surface area contributed by atoms with Crippen molar-refractivity contribution in [3.8, 4) is 0 Å². The molecule has 2 nitrogen and oxygen atoms in total. The zero-order chi connectivity index (χ0) is 9.68. The highest BCUT2D eigenvalue weighted by molar-refractivity contribution is 7.09. The van der Waals surface area contributed by atoms with E-state index in [2.05, 4.69) is 36.3 Å². The molecule has 13 heavy (non-hydrogen) atoms. The molecule has 0 bridgehead atoms. The highest BCUT2D eigenvalue weighted by atomic mass is 32.1. The quantitative estimate of drug-likeness (QED) is 0.783. The molecule has 74 valence electrons. The molecule has 1 unspecified atom stereocenters. The Morgan fingerprint density at radius 2 is 2.38 bits per heavy atom. The molecular formula is C10H18N2S. The fourth-order valence-corrected chi connectivity index (χ4v) is 2.06. The van der Waals surface area contributed by atoms with Crippen LogP contribution in [0.1, 0.15) is 18.7 Å². The molecule has 1 atom stereocenters. The number of rotatable bonds is 5. The van der Waals surface area contributed by atoms with Crippen LogP contribution in [0, 0.1) is 0 Å². The van der Waals surface area contributed by atoms with E-state index < -0.39 is 0 Å². The molecule has 0 radical (unpaired) electrons. The summed E-state index contributed by atoms with van der Waals surface area (Å²) >= 11 is 1.81. The normalized spacial score (nSPS) is 13.5. The second-order valence-electron chi connectivity index (χ2n) is 3.23. The summed E-state index contributed by atoms with van der Waals surface area (Å²) in [4.78, 5) is 3.81. The van der Waals surface area contributed by atoms with Crippen molar-refractivity contribution in [3.05, 3.63) is 22.4 Å². The average Bonchev–Trinajstić information content (AvgIpc) is 2.65.